The standard InChI is InChI=1S/C17H23N3O2S/c21-17(20-12-3-4-13(20)8-22-7-12)19-16-18-15(9-23-16)14-6-10-1-2-11(14)5-10/h9-14H,1-8H2,(H,18,19,21). The number of hydrogen-bond donors (Lipinski definition) is 1. The van der Waals surface area contributed by atoms with Crippen molar-refractivity contribution in [2.75, 3.05) is 18.5 Å². The van der Waals surface area contributed by atoms with Crippen LogP contribution in [0.25, 0.3) is 0 Å². The molecule has 6 heteroatoms. The number of thiazole rings is 1. The van der Waals surface area contributed by atoms with E-state index in [9.17, 15) is 4.79 Å². The molecule has 5 atom stereocenters. The zero-order valence-electron chi connectivity index (χ0n) is 13.2. The summed E-state index contributed by atoms with van der Waals surface area (Å²) in [5.74, 6) is 2.39. The summed E-state index contributed by atoms with van der Waals surface area (Å²) in [5, 5.41) is 5.96. The van der Waals surface area contributed by atoms with Crippen LogP contribution < -0.4 is 5.32 Å². The number of anilines is 1. The fraction of sp³-hybridized carbons (Fsp3) is 0.765. The summed E-state index contributed by atoms with van der Waals surface area (Å²) in [6.07, 6.45) is 7.59. The lowest BCUT2D eigenvalue weighted by atomic mass is 9.87. The Labute approximate surface area is 140 Å². The molecule has 5 rings (SSSR count). The molecule has 3 heterocycles. The van der Waals surface area contributed by atoms with Crippen LogP contribution in [-0.2, 0) is 4.74 Å². The van der Waals surface area contributed by atoms with Crippen molar-refractivity contribution in [1.29, 1.82) is 0 Å². The third-order valence-corrected chi connectivity index (χ3v) is 7.10. The topological polar surface area (TPSA) is 54.5 Å². The summed E-state index contributed by atoms with van der Waals surface area (Å²) in [6, 6.07) is 0.507. The molecule has 5 nitrogen and oxygen atoms in total. The number of nitrogens with zero attached hydrogens (tertiary/aromatic N) is 2. The second-order valence-electron chi connectivity index (χ2n) is 7.62. The summed E-state index contributed by atoms with van der Waals surface area (Å²) in [6.45, 7) is 1.36. The van der Waals surface area contributed by atoms with Gasteiger partial charge in [-0.2, -0.15) is 0 Å². The van der Waals surface area contributed by atoms with Crippen molar-refractivity contribution >= 4 is 22.5 Å². The minimum Gasteiger partial charge on any atom is -0.377 e. The average molecular weight is 333 g/mol. The SMILES string of the molecule is O=C(Nc1nc(C2CC3CCC2C3)cs1)N1C2CCC1COC2. The van der Waals surface area contributed by atoms with E-state index in [0.29, 0.717) is 19.1 Å². The number of carbonyl (C=O) groups is 1. The molecule has 2 saturated carbocycles. The Balaban J connectivity index is 1.27. The molecule has 2 aliphatic carbocycles. The smallest absolute Gasteiger partial charge is 0.324 e. The van der Waals surface area contributed by atoms with Crippen molar-refractivity contribution in [2.45, 2.75) is 56.5 Å². The maximum absolute atomic E-state index is 12.6. The Hall–Kier alpha value is -1.14. The molecule has 23 heavy (non-hydrogen) atoms. The van der Waals surface area contributed by atoms with E-state index in [4.69, 9.17) is 9.72 Å². The largest absolute Gasteiger partial charge is 0.377 e. The van der Waals surface area contributed by atoms with Gasteiger partial charge in [0.1, 0.15) is 0 Å². The number of ether oxygens (including phenoxy) is 1. The predicted molar refractivity (Wildman–Crippen MR) is 88.8 cm³/mol. The molecule has 5 unspecified atom stereocenters. The van der Waals surface area contributed by atoms with Gasteiger partial charge in [0, 0.05) is 11.3 Å². The first kappa shape index (κ1) is 14.2. The third kappa shape index (κ3) is 2.38. The summed E-state index contributed by atoms with van der Waals surface area (Å²) in [4.78, 5) is 19.3. The van der Waals surface area contributed by atoms with Crippen LogP contribution in [0.3, 0.4) is 0 Å². The lowest BCUT2D eigenvalue weighted by Gasteiger charge is -2.34. The first-order valence-electron chi connectivity index (χ1n) is 8.90. The molecule has 0 radical (unpaired) electrons. The Morgan fingerprint density at radius 3 is 2.74 bits per heavy atom. The second-order valence-corrected chi connectivity index (χ2v) is 8.48. The molecule has 4 bridgehead atoms. The van der Waals surface area contributed by atoms with Crippen molar-refractivity contribution < 1.29 is 9.53 Å². The monoisotopic (exact) mass is 333 g/mol. The second kappa shape index (κ2) is 5.45. The van der Waals surface area contributed by atoms with E-state index < -0.39 is 0 Å². The number of fused-ring (bicyclic) bond motifs is 4. The minimum absolute atomic E-state index is 0.00893. The Bertz CT molecular complexity index is 603. The molecule has 0 aromatic carbocycles. The first-order chi connectivity index (χ1) is 11.3. The molecular formula is C17H23N3O2S. The van der Waals surface area contributed by atoms with Crippen molar-refractivity contribution in [3.8, 4) is 0 Å². The fourth-order valence-corrected chi connectivity index (χ4v) is 6.00. The van der Waals surface area contributed by atoms with E-state index in [-0.39, 0.29) is 18.1 Å². The van der Waals surface area contributed by atoms with Crippen LogP contribution in [-0.4, -0.2) is 41.2 Å². The van der Waals surface area contributed by atoms with Crippen LogP contribution in [0.15, 0.2) is 5.38 Å². The molecule has 4 aliphatic rings. The van der Waals surface area contributed by atoms with Crippen LogP contribution in [0.1, 0.15) is 50.1 Å². The molecule has 1 aromatic rings. The zero-order chi connectivity index (χ0) is 15.4. The summed E-state index contributed by atoms with van der Waals surface area (Å²) in [5.41, 5.74) is 1.21. The van der Waals surface area contributed by atoms with Gasteiger partial charge in [0.25, 0.3) is 0 Å². The third-order valence-electron chi connectivity index (χ3n) is 6.33. The van der Waals surface area contributed by atoms with E-state index >= 15 is 0 Å². The first-order valence-corrected chi connectivity index (χ1v) is 9.78. The van der Waals surface area contributed by atoms with Crippen molar-refractivity contribution in [2.24, 2.45) is 11.8 Å². The number of rotatable bonds is 2. The minimum atomic E-state index is 0.00893. The molecule has 1 aromatic heterocycles. The van der Waals surface area contributed by atoms with Gasteiger partial charge in [-0.3, -0.25) is 5.32 Å². The molecule has 2 aliphatic heterocycles. The van der Waals surface area contributed by atoms with Gasteiger partial charge in [-0.25, -0.2) is 9.78 Å². The molecule has 2 saturated heterocycles. The maximum Gasteiger partial charge on any atom is 0.324 e. The normalized spacial score (nSPS) is 38.3. The Morgan fingerprint density at radius 2 is 2.04 bits per heavy atom. The number of nitrogens with one attached hydrogen (secondary N) is 1. The van der Waals surface area contributed by atoms with Gasteiger partial charge in [0.2, 0.25) is 0 Å². The van der Waals surface area contributed by atoms with Crippen molar-refractivity contribution in [3.63, 3.8) is 0 Å². The van der Waals surface area contributed by atoms with E-state index in [2.05, 4.69) is 10.7 Å². The van der Waals surface area contributed by atoms with E-state index in [1.165, 1.54) is 31.4 Å². The number of amides is 2. The van der Waals surface area contributed by atoms with Gasteiger partial charge in [0.15, 0.2) is 5.13 Å². The molecule has 124 valence electrons. The average Bonchev–Trinajstić information content (AvgIpc) is 3.31. The van der Waals surface area contributed by atoms with Crippen molar-refractivity contribution in [3.05, 3.63) is 11.1 Å². The number of morpholine rings is 1. The number of urea groups is 1. The number of carbonyl (C=O) groups excluding carboxylic acids is 1. The van der Waals surface area contributed by atoms with Gasteiger partial charge in [0.05, 0.1) is 31.0 Å². The van der Waals surface area contributed by atoms with Gasteiger partial charge >= 0.3 is 6.03 Å². The molecule has 4 fully saturated rings. The molecule has 0 spiro atoms. The highest BCUT2D eigenvalue weighted by Crippen LogP contribution is 2.53. The zero-order valence-corrected chi connectivity index (χ0v) is 14.1. The van der Waals surface area contributed by atoms with Crippen LogP contribution in [0.2, 0.25) is 0 Å². The molecule has 1 N–H and O–H groups in total. The van der Waals surface area contributed by atoms with Crippen LogP contribution in [0.4, 0.5) is 9.93 Å². The van der Waals surface area contributed by atoms with E-state index in [1.54, 1.807) is 11.3 Å². The Morgan fingerprint density at radius 1 is 1.22 bits per heavy atom. The number of aromatic nitrogens is 1. The molecule has 2 amide bonds. The highest BCUT2D eigenvalue weighted by atomic mass is 32.1. The Kier molecular flexibility index (Phi) is 3.37. The highest BCUT2D eigenvalue weighted by Gasteiger charge is 2.42. The van der Waals surface area contributed by atoms with E-state index in [1.807, 2.05) is 4.90 Å². The van der Waals surface area contributed by atoms with Gasteiger partial charge in [-0.05, 0) is 43.9 Å². The fourth-order valence-electron chi connectivity index (χ4n) is 5.24. The number of hydrogen-bond acceptors (Lipinski definition) is 4. The van der Waals surface area contributed by atoms with Gasteiger partial charge in [-0.15, -0.1) is 11.3 Å². The summed E-state index contributed by atoms with van der Waals surface area (Å²) >= 11 is 1.58. The lowest BCUT2D eigenvalue weighted by Crippen LogP contribution is -2.50. The van der Waals surface area contributed by atoms with Gasteiger partial charge in [-0.1, -0.05) is 6.42 Å². The quantitative estimate of drug-likeness (QED) is 0.902. The van der Waals surface area contributed by atoms with Crippen LogP contribution >= 0.6 is 11.3 Å². The summed E-state index contributed by atoms with van der Waals surface area (Å²) < 4.78 is 5.55. The summed E-state index contributed by atoms with van der Waals surface area (Å²) in [7, 11) is 0. The van der Waals surface area contributed by atoms with Gasteiger partial charge < -0.3 is 9.64 Å². The maximum atomic E-state index is 12.6. The molecular weight excluding hydrogens is 310 g/mol. The van der Waals surface area contributed by atoms with Crippen LogP contribution in [0.5, 0.6) is 0 Å². The highest BCUT2D eigenvalue weighted by molar-refractivity contribution is 7.13. The van der Waals surface area contributed by atoms with Crippen molar-refractivity contribution in [1.82, 2.24) is 9.88 Å². The lowest BCUT2D eigenvalue weighted by molar-refractivity contribution is 0.00949. The van der Waals surface area contributed by atoms with Crippen LogP contribution in [0, 0.1) is 11.8 Å². The predicted octanol–water partition coefficient (Wildman–Crippen LogP) is 3.44. The van der Waals surface area contributed by atoms with E-state index in [0.717, 1.165) is 29.8 Å².